The summed E-state index contributed by atoms with van der Waals surface area (Å²) < 4.78 is 20.5. The Balaban J connectivity index is 1.66. The third-order valence-corrected chi connectivity index (χ3v) is 5.31. The molecule has 168 valence electrons. The number of benzene rings is 2. The van der Waals surface area contributed by atoms with Crippen LogP contribution in [-0.2, 0) is 6.61 Å². The van der Waals surface area contributed by atoms with E-state index in [1.165, 1.54) is 12.1 Å². The van der Waals surface area contributed by atoms with E-state index in [4.69, 9.17) is 4.74 Å². The van der Waals surface area contributed by atoms with Crippen LogP contribution in [0.15, 0.2) is 65.6 Å². The van der Waals surface area contributed by atoms with Gasteiger partial charge in [-0.15, -0.1) is 0 Å². The fourth-order valence-corrected chi connectivity index (χ4v) is 3.48. The number of hydrogen-bond acceptors (Lipinski definition) is 5. The Labute approximate surface area is 191 Å². The first-order chi connectivity index (χ1) is 15.8. The molecule has 0 atom stereocenters. The van der Waals surface area contributed by atoms with Crippen LogP contribution in [0.2, 0.25) is 0 Å². The molecule has 0 fully saturated rings. The molecule has 0 aliphatic heterocycles. The molecular weight excluding hydrogens is 419 g/mol. The van der Waals surface area contributed by atoms with Crippen molar-refractivity contribution in [2.45, 2.75) is 40.2 Å². The molecule has 33 heavy (non-hydrogen) atoms. The molecule has 4 aromatic rings. The van der Waals surface area contributed by atoms with E-state index < -0.39 is 0 Å². The second kappa shape index (κ2) is 9.32. The zero-order valence-electron chi connectivity index (χ0n) is 19.0. The van der Waals surface area contributed by atoms with Crippen LogP contribution in [0, 0.1) is 19.7 Å². The van der Waals surface area contributed by atoms with Crippen molar-refractivity contribution in [1.29, 1.82) is 0 Å². The predicted molar refractivity (Wildman–Crippen MR) is 125 cm³/mol. The largest absolute Gasteiger partial charge is 0.472 e. The minimum atomic E-state index is -0.309. The molecule has 0 radical (unpaired) electrons. The average molecular weight is 445 g/mol. The van der Waals surface area contributed by atoms with Gasteiger partial charge in [0.05, 0.1) is 16.9 Å². The molecule has 2 aromatic carbocycles. The number of aromatic nitrogens is 4. The molecule has 2 heterocycles. The number of hydrogen-bond donors (Lipinski definition) is 0. The lowest BCUT2D eigenvalue weighted by molar-refractivity contribution is 0.289. The molecule has 0 unspecified atom stereocenters. The van der Waals surface area contributed by atoms with Gasteiger partial charge in [-0.3, -0.25) is 9.36 Å². The van der Waals surface area contributed by atoms with Crippen molar-refractivity contribution in [3.8, 4) is 22.8 Å². The highest BCUT2D eigenvalue weighted by Crippen LogP contribution is 2.23. The van der Waals surface area contributed by atoms with Crippen LogP contribution in [0.1, 0.15) is 42.5 Å². The number of halogens is 1. The summed E-state index contributed by atoms with van der Waals surface area (Å²) in [4.78, 5) is 26.7. The molecule has 0 aliphatic rings. The Morgan fingerprint density at radius 2 is 1.79 bits per heavy atom. The molecule has 2 aromatic heterocycles. The van der Waals surface area contributed by atoms with E-state index in [2.05, 4.69) is 15.0 Å². The van der Waals surface area contributed by atoms with Gasteiger partial charge in [-0.2, -0.15) is 4.98 Å². The normalized spacial score (nSPS) is 11.1. The second-order valence-electron chi connectivity index (χ2n) is 8.15. The highest BCUT2D eigenvalue weighted by atomic mass is 19.1. The summed E-state index contributed by atoms with van der Waals surface area (Å²) in [5, 5.41) is 0. The van der Waals surface area contributed by atoms with Gasteiger partial charge < -0.3 is 4.74 Å². The van der Waals surface area contributed by atoms with Gasteiger partial charge in [0.2, 0.25) is 5.88 Å². The third kappa shape index (κ3) is 4.82. The molecule has 0 saturated heterocycles. The highest BCUT2D eigenvalue weighted by molar-refractivity contribution is 5.62. The standard InChI is InChI=1S/C26H25FN4O2/c1-16(2)24-28-13-12-23(30-24)20-6-5-7-22(14-20)31-18(4)29-25(17(3)26(31)32)33-15-19-8-10-21(27)11-9-19/h5-14,16H,15H2,1-4H3. The zero-order chi connectivity index (χ0) is 23.5. The van der Waals surface area contributed by atoms with Crippen molar-refractivity contribution >= 4 is 0 Å². The van der Waals surface area contributed by atoms with E-state index in [0.29, 0.717) is 17.1 Å². The summed E-state index contributed by atoms with van der Waals surface area (Å²) in [6.45, 7) is 7.74. The van der Waals surface area contributed by atoms with E-state index in [1.807, 2.05) is 44.2 Å². The van der Waals surface area contributed by atoms with E-state index in [-0.39, 0.29) is 29.8 Å². The maximum Gasteiger partial charge on any atom is 0.264 e. The van der Waals surface area contributed by atoms with E-state index >= 15 is 0 Å². The number of rotatable bonds is 6. The van der Waals surface area contributed by atoms with Crippen molar-refractivity contribution in [2.75, 3.05) is 0 Å². The molecular formula is C26H25FN4O2. The van der Waals surface area contributed by atoms with Crippen molar-refractivity contribution in [3.05, 3.63) is 99.7 Å². The van der Waals surface area contributed by atoms with Crippen molar-refractivity contribution in [1.82, 2.24) is 19.5 Å². The molecule has 6 nitrogen and oxygen atoms in total. The Morgan fingerprint density at radius 3 is 2.52 bits per heavy atom. The Morgan fingerprint density at radius 1 is 1.03 bits per heavy atom. The van der Waals surface area contributed by atoms with Crippen molar-refractivity contribution in [2.24, 2.45) is 0 Å². The van der Waals surface area contributed by atoms with Gasteiger partial charge in [0.25, 0.3) is 5.56 Å². The maximum absolute atomic E-state index is 13.2. The highest BCUT2D eigenvalue weighted by Gasteiger charge is 2.15. The molecule has 0 bridgehead atoms. The van der Waals surface area contributed by atoms with Crippen LogP contribution < -0.4 is 10.3 Å². The molecule has 0 spiro atoms. The van der Waals surface area contributed by atoms with E-state index in [0.717, 1.165) is 22.6 Å². The summed E-state index contributed by atoms with van der Waals surface area (Å²) in [5.74, 6) is 1.45. The minimum absolute atomic E-state index is 0.193. The van der Waals surface area contributed by atoms with E-state index in [9.17, 15) is 9.18 Å². The molecule has 0 amide bonds. The van der Waals surface area contributed by atoms with Crippen LogP contribution >= 0.6 is 0 Å². The summed E-state index contributed by atoms with van der Waals surface area (Å²) in [6, 6.07) is 15.5. The number of aryl methyl sites for hydroxylation is 1. The Kier molecular flexibility index (Phi) is 6.31. The van der Waals surface area contributed by atoms with Crippen molar-refractivity contribution in [3.63, 3.8) is 0 Å². The van der Waals surface area contributed by atoms with Crippen LogP contribution in [0.5, 0.6) is 5.88 Å². The third-order valence-electron chi connectivity index (χ3n) is 5.31. The van der Waals surface area contributed by atoms with Crippen LogP contribution in [0.25, 0.3) is 16.9 Å². The fourth-order valence-electron chi connectivity index (χ4n) is 3.48. The second-order valence-corrected chi connectivity index (χ2v) is 8.15. The van der Waals surface area contributed by atoms with Gasteiger partial charge in [-0.1, -0.05) is 38.1 Å². The van der Waals surface area contributed by atoms with Crippen LogP contribution in [0.3, 0.4) is 0 Å². The SMILES string of the molecule is Cc1c(OCc2ccc(F)cc2)nc(C)n(-c2cccc(-c3ccnc(C(C)C)n3)c2)c1=O. The molecule has 7 heteroatoms. The molecule has 0 aliphatic carbocycles. The van der Waals surface area contributed by atoms with Gasteiger partial charge >= 0.3 is 0 Å². The lowest BCUT2D eigenvalue weighted by atomic mass is 10.1. The first kappa shape index (κ1) is 22.3. The number of ether oxygens (including phenoxy) is 1. The number of nitrogens with zero attached hydrogens (tertiary/aromatic N) is 4. The Bertz CT molecular complexity index is 1350. The smallest absolute Gasteiger partial charge is 0.264 e. The fraction of sp³-hybridized carbons (Fsp3) is 0.231. The molecule has 4 rings (SSSR count). The molecule has 0 N–H and O–H groups in total. The summed E-state index contributed by atoms with van der Waals surface area (Å²) in [7, 11) is 0. The zero-order valence-corrected chi connectivity index (χ0v) is 19.0. The van der Waals surface area contributed by atoms with Gasteiger partial charge in [-0.05, 0) is 49.7 Å². The van der Waals surface area contributed by atoms with Gasteiger partial charge in [0, 0.05) is 17.7 Å². The maximum atomic E-state index is 13.2. The summed E-state index contributed by atoms with van der Waals surface area (Å²) in [6.07, 6.45) is 1.75. The first-order valence-corrected chi connectivity index (χ1v) is 10.7. The Hall–Kier alpha value is -3.87. The first-order valence-electron chi connectivity index (χ1n) is 10.7. The monoisotopic (exact) mass is 444 g/mol. The topological polar surface area (TPSA) is 69.9 Å². The predicted octanol–water partition coefficient (Wildman–Crippen LogP) is 5.15. The lowest BCUT2D eigenvalue weighted by Gasteiger charge is -2.15. The lowest BCUT2D eigenvalue weighted by Crippen LogP contribution is -2.25. The average Bonchev–Trinajstić information content (AvgIpc) is 2.82. The van der Waals surface area contributed by atoms with Gasteiger partial charge in [0.15, 0.2) is 0 Å². The minimum Gasteiger partial charge on any atom is -0.472 e. The quantitative estimate of drug-likeness (QED) is 0.411. The van der Waals surface area contributed by atoms with E-state index in [1.54, 1.807) is 36.7 Å². The molecule has 0 saturated carbocycles. The van der Waals surface area contributed by atoms with Crippen LogP contribution in [0.4, 0.5) is 4.39 Å². The summed E-state index contributed by atoms with van der Waals surface area (Å²) in [5.41, 5.74) is 3.36. The van der Waals surface area contributed by atoms with Gasteiger partial charge in [-0.25, -0.2) is 14.4 Å². The summed E-state index contributed by atoms with van der Waals surface area (Å²) >= 11 is 0. The van der Waals surface area contributed by atoms with Crippen molar-refractivity contribution < 1.29 is 9.13 Å². The van der Waals surface area contributed by atoms with Gasteiger partial charge in [0.1, 0.15) is 24.1 Å². The van der Waals surface area contributed by atoms with Crippen LogP contribution in [-0.4, -0.2) is 19.5 Å².